The molecule has 3 rings (SSSR count). The summed E-state index contributed by atoms with van der Waals surface area (Å²) in [6.07, 6.45) is 1.62. The Balaban J connectivity index is 1.64. The number of benzene rings is 1. The van der Waals surface area contributed by atoms with Gasteiger partial charge in [-0.15, -0.1) is 10.2 Å². The third-order valence-corrected chi connectivity index (χ3v) is 5.15. The van der Waals surface area contributed by atoms with Gasteiger partial charge in [0.2, 0.25) is 5.91 Å². The second kappa shape index (κ2) is 7.33. The van der Waals surface area contributed by atoms with E-state index in [1.54, 1.807) is 12.3 Å². The number of amides is 1. The largest absolute Gasteiger partial charge is 0.469 e. The van der Waals surface area contributed by atoms with Crippen LogP contribution in [0.2, 0.25) is 5.02 Å². The van der Waals surface area contributed by atoms with E-state index in [4.69, 9.17) is 16.0 Å². The number of carbonyl (C=O) groups excluding carboxylic acids is 1. The first-order valence-corrected chi connectivity index (χ1v) is 8.94. The molecule has 0 atom stereocenters. The van der Waals surface area contributed by atoms with Gasteiger partial charge in [-0.1, -0.05) is 29.4 Å². The van der Waals surface area contributed by atoms with Gasteiger partial charge in [-0.25, -0.2) is 0 Å². The van der Waals surface area contributed by atoms with Crippen molar-refractivity contribution in [1.29, 1.82) is 0 Å². The third-order valence-electron chi connectivity index (χ3n) is 3.72. The summed E-state index contributed by atoms with van der Waals surface area (Å²) in [5.74, 6) is 1.58. The lowest BCUT2D eigenvalue weighted by atomic mass is 10.2. The molecule has 0 aliphatic heterocycles. The number of nitrogens with one attached hydrogen (secondary N) is 1. The molecule has 1 N–H and O–H groups in total. The number of carbonyl (C=O) groups is 1. The summed E-state index contributed by atoms with van der Waals surface area (Å²) in [7, 11) is 1.86. The molecule has 0 aliphatic carbocycles. The van der Waals surface area contributed by atoms with Crippen molar-refractivity contribution in [3.63, 3.8) is 0 Å². The molecule has 0 radical (unpaired) electrons. The Hall–Kier alpha value is -2.25. The Morgan fingerprint density at radius 2 is 2.12 bits per heavy atom. The van der Waals surface area contributed by atoms with E-state index in [2.05, 4.69) is 15.5 Å². The molecule has 6 nitrogen and oxygen atoms in total. The Morgan fingerprint density at radius 3 is 2.80 bits per heavy atom. The molecule has 0 fully saturated rings. The summed E-state index contributed by atoms with van der Waals surface area (Å²) in [4.78, 5) is 12.1. The number of aromatic nitrogens is 3. The summed E-state index contributed by atoms with van der Waals surface area (Å²) in [5, 5.41) is 12.4. The van der Waals surface area contributed by atoms with Gasteiger partial charge in [0.1, 0.15) is 5.76 Å². The molecule has 0 saturated carbocycles. The van der Waals surface area contributed by atoms with Crippen molar-refractivity contribution in [1.82, 2.24) is 14.8 Å². The zero-order chi connectivity index (χ0) is 18.0. The summed E-state index contributed by atoms with van der Waals surface area (Å²) < 4.78 is 7.15. The maximum atomic E-state index is 12.1. The van der Waals surface area contributed by atoms with Crippen molar-refractivity contribution in [2.75, 3.05) is 11.1 Å². The van der Waals surface area contributed by atoms with Gasteiger partial charge in [-0.2, -0.15) is 0 Å². The van der Waals surface area contributed by atoms with Crippen LogP contribution < -0.4 is 5.32 Å². The molecule has 2 aromatic heterocycles. The standard InChI is InChI=1S/C17H17ClN4O2S/c1-10-4-5-12(8-14(10)18)19-15(23)9-25-17-21-20-16(22(17)3)13-6-7-24-11(13)2/h4-8H,9H2,1-3H3,(H,19,23). The quantitative estimate of drug-likeness (QED) is 0.679. The van der Waals surface area contributed by atoms with Crippen LogP contribution in [0, 0.1) is 13.8 Å². The highest BCUT2D eigenvalue weighted by atomic mass is 35.5. The molecule has 2 heterocycles. The summed E-state index contributed by atoms with van der Waals surface area (Å²) in [5.41, 5.74) is 2.53. The number of hydrogen-bond donors (Lipinski definition) is 1. The molecule has 1 aromatic carbocycles. The van der Waals surface area contributed by atoms with Gasteiger partial charge in [0.05, 0.1) is 17.6 Å². The Kier molecular flexibility index (Phi) is 5.15. The Morgan fingerprint density at radius 1 is 1.32 bits per heavy atom. The second-order valence-electron chi connectivity index (χ2n) is 5.56. The number of anilines is 1. The normalized spacial score (nSPS) is 10.9. The lowest BCUT2D eigenvalue weighted by molar-refractivity contribution is -0.113. The lowest BCUT2D eigenvalue weighted by Crippen LogP contribution is -2.14. The number of aryl methyl sites for hydroxylation is 2. The lowest BCUT2D eigenvalue weighted by Gasteiger charge is -2.07. The Bertz CT molecular complexity index is 919. The summed E-state index contributed by atoms with van der Waals surface area (Å²) in [6.45, 7) is 3.79. The monoisotopic (exact) mass is 376 g/mol. The fraction of sp³-hybridized carbons (Fsp3) is 0.235. The number of furan rings is 1. The van der Waals surface area contributed by atoms with E-state index >= 15 is 0 Å². The third kappa shape index (κ3) is 3.88. The zero-order valence-corrected chi connectivity index (χ0v) is 15.6. The highest BCUT2D eigenvalue weighted by Gasteiger charge is 2.15. The number of nitrogens with zero attached hydrogens (tertiary/aromatic N) is 3. The fourth-order valence-electron chi connectivity index (χ4n) is 2.29. The molecule has 0 aliphatic rings. The number of rotatable bonds is 5. The van der Waals surface area contributed by atoms with Gasteiger partial charge in [0.15, 0.2) is 11.0 Å². The SMILES string of the molecule is Cc1ccc(NC(=O)CSc2nnc(-c3ccoc3C)n2C)cc1Cl. The van der Waals surface area contributed by atoms with Crippen LogP contribution in [0.5, 0.6) is 0 Å². The molecular formula is C17H17ClN4O2S. The van der Waals surface area contributed by atoms with Crippen LogP contribution in [0.25, 0.3) is 11.4 Å². The summed E-state index contributed by atoms with van der Waals surface area (Å²) >= 11 is 7.39. The van der Waals surface area contributed by atoms with Crippen molar-refractivity contribution in [3.05, 3.63) is 46.9 Å². The van der Waals surface area contributed by atoms with E-state index in [1.807, 2.05) is 43.7 Å². The molecule has 25 heavy (non-hydrogen) atoms. The predicted octanol–water partition coefficient (Wildman–Crippen LogP) is 4.08. The molecule has 130 valence electrons. The van der Waals surface area contributed by atoms with Crippen molar-refractivity contribution in [2.24, 2.45) is 7.05 Å². The zero-order valence-electron chi connectivity index (χ0n) is 14.0. The van der Waals surface area contributed by atoms with Gasteiger partial charge in [-0.3, -0.25) is 4.79 Å². The van der Waals surface area contributed by atoms with Crippen LogP contribution >= 0.6 is 23.4 Å². The molecule has 0 unspecified atom stereocenters. The van der Waals surface area contributed by atoms with Crippen molar-refractivity contribution < 1.29 is 9.21 Å². The molecule has 1 amide bonds. The fourth-order valence-corrected chi connectivity index (χ4v) is 3.18. The van der Waals surface area contributed by atoms with Gasteiger partial charge in [-0.05, 0) is 37.6 Å². The minimum Gasteiger partial charge on any atom is -0.469 e. The average Bonchev–Trinajstić information content (AvgIpc) is 3.14. The maximum Gasteiger partial charge on any atom is 0.234 e. The Labute approximate surface area is 154 Å². The smallest absolute Gasteiger partial charge is 0.234 e. The highest BCUT2D eigenvalue weighted by Crippen LogP contribution is 2.26. The first-order chi connectivity index (χ1) is 12.0. The van der Waals surface area contributed by atoms with E-state index in [1.165, 1.54) is 11.8 Å². The molecule has 0 saturated heterocycles. The number of halogens is 1. The van der Waals surface area contributed by atoms with Crippen LogP contribution in [0.3, 0.4) is 0 Å². The van der Waals surface area contributed by atoms with E-state index in [9.17, 15) is 4.79 Å². The number of thioether (sulfide) groups is 1. The van der Waals surface area contributed by atoms with Gasteiger partial charge < -0.3 is 14.3 Å². The van der Waals surface area contributed by atoms with E-state index in [0.717, 1.165) is 16.9 Å². The first-order valence-electron chi connectivity index (χ1n) is 7.58. The van der Waals surface area contributed by atoms with Crippen LogP contribution in [0.15, 0.2) is 40.1 Å². The van der Waals surface area contributed by atoms with Gasteiger partial charge >= 0.3 is 0 Å². The average molecular weight is 377 g/mol. The molecular weight excluding hydrogens is 360 g/mol. The maximum absolute atomic E-state index is 12.1. The van der Waals surface area contributed by atoms with Crippen LogP contribution in [-0.2, 0) is 11.8 Å². The van der Waals surface area contributed by atoms with E-state index in [0.29, 0.717) is 21.7 Å². The van der Waals surface area contributed by atoms with Gasteiger partial charge in [0, 0.05) is 17.8 Å². The van der Waals surface area contributed by atoms with Crippen LogP contribution in [0.4, 0.5) is 5.69 Å². The number of hydrogen-bond acceptors (Lipinski definition) is 5. The molecule has 8 heteroatoms. The molecule has 0 spiro atoms. The minimum atomic E-state index is -0.131. The topological polar surface area (TPSA) is 73.0 Å². The first kappa shape index (κ1) is 17.6. The highest BCUT2D eigenvalue weighted by molar-refractivity contribution is 7.99. The minimum absolute atomic E-state index is 0.131. The molecule has 0 bridgehead atoms. The molecule has 3 aromatic rings. The van der Waals surface area contributed by atoms with Crippen LogP contribution in [0.1, 0.15) is 11.3 Å². The predicted molar refractivity (Wildman–Crippen MR) is 99.0 cm³/mol. The van der Waals surface area contributed by atoms with Crippen molar-refractivity contribution >= 4 is 35.0 Å². The van der Waals surface area contributed by atoms with Crippen molar-refractivity contribution in [2.45, 2.75) is 19.0 Å². The summed E-state index contributed by atoms with van der Waals surface area (Å²) in [6, 6.07) is 7.28. The van der Waals surface area contributed by atoms with Crippen LogP contribution in [-0.4, -0.2) is 26.4 Å². The van der Waals surface area contributed by atoms with Crippen molar-refractivity contribution in [3.8, 4) is 11.4 Å². The van der Waals surface area contributed by atoms with E-state index in [-0.39, 0.29) is 11.7 Å². The van der Waals surface area contributed by atoms with E-state index < -0.39 is 0 Å². The van der Waals surface area contributed by atoms with Gasteiger partial charge in [0.25, 0.3) is 0 Å². The second-order valence-corrected chi connectivity index (χ2v) is 6.91.